The maximum Gasteiger partial charge on any atom is 0.517 e. The van der Waals surface area contributed by atoms with Crippen LogP contribution in [0.25, 0.3) is 0 Å². The quantitative estimate of drug-likeness (QED) is 0.537. The molecule has 0 saturated carbocycles. The van der Waals surface area contributed by atoms with Gasteiger partial charge in [-0.05, 0) is 24.3 Å². The summed E-state index contributed by atoms with van der Waals surface area (Å²) in [5.41, 5.74) is -13.4. The maximum atomic E-state index is 12.8. The Kier molecular flexibility index (Phi) is 6.09. The maximum absolute atomic E-state index is 12.8. The number of amides is 2. The predicted octanol–water partition coefficient (Wildman–Crippen LogP) is 1.49. The lowest BCUT2D eigenvalue weighted by molar-refractivity contribution is -0.136. The van der Waals surface area contributed by atoms with E-state index < -0.39 is 52.9 Å². The topological polar surface area (TPSA) is 118 Å². The van der Waals surface area contributed by atoms with Crippen molar-refractivity contribution in [2.24, 2.45) is 0 Å². The second-order valence-corrected chi connectivity index (χ2v) is 8.27. The van der Waals surface area contributed by atoms with E-state index in [1.54, 1.807) is 0 Å². The summed E-state index contributed by atoms with van der Waals surface area (Å²) < 4.78 is 119. The molecule has 0 aliphatic heterocycles. The van der Waals surface area contributed by atoms with Gasteiger partial charge in [-0.25, -0.2) is 4.72 Å². The van der Waals surface area contributed by atoms with Crippen molar-refractivity contribution in [3.05, 3.63) is 29.3 Å². The van der Waals surface area contributed by atoms with Gasteiger partial charge >= 0.3 is 42.9 Å². The Labute approximate surface area is 151 Å². The molecule has 0 radical (unpaired) electrons. The Bertz CT molecular complexity index is 955. The van der Waals surface area contributed by atoms with Gasteiger partial charge < -0.3 is 0 Å². The van der Waals surface area contributed by atoms with Crippen LogP contribution in [0.4, 0.5) is 32.0 Å². The van der Waals surface area contributed by atoms with E-state index in [0.717, 1.165) is 12.1 Å². The van der Waals surface area contributed by atoms with E-state index in [0.29, 0.717) is 12.1 Å². The number of nitrogens with zero attached hydrogens (tertiary/aromatic N) is 1. The number of carbonyl (C=O) groups excluding carboxylic acids is 2. The van der Waals surface area contributed by atoms with Gasteiger partial charge in [0.1, 0.15) is 0 Å². The highest BCUT2D eigenvalue weighted by Crippen LogP contribution is 2.32. The average Bonchev–Trinajstić information content (AvgIpc) is 2.46. The SMILES string of the molecule is O=C(NS(=O)(=O)C(F)(F)F)C(=O)N(c1ccc(Cl)cc1)S(=O)(=O)C(F)(F)F. The van der Waals surface area contributed by atoms with Crippen LogP contribution >= 0.6 is 11.6 Å². The first-order valence-corrected chi connectivity index (χ1v) is 9.26. The monoisotopic (exact) mass is 462 g/mol. The molecule has 0 aromatic heterocycles. The lowest BCUT2D eigenvalue weighted by atomic mass is 10.3. The highest BCUT2D eigenvalue weighted by molar-refractivity contribution is 7.94. The highest BCUT2D eigenvalue weighted by Gasteiger charge is 2.55. The summed E-state index contributed by atoms with van der Waals surface area (Å²) in [6.07, 6.45) is 0. The molecular weight excluding hydrogens is 458 g/mol. The number of hydrogen-bond acceptors (Lipinski definition) is 6. The van der Waals surface area contributed by atoms with Gasteiger partial charge in [-0.1, -0.05) is 11.6 Å². The number of nitrogens with one attached hydrogen (secondary N) is 1. The number of sulfonamides is 2. The molecular formula is C10H5ClF6N2O6S2. The Balaban J connectivity index is 3.46. The molecule has 0 aliphatic rings. The molecule has 2 amide bonds. The van der Waals surface area contributed by atoms with E-state index >= 15 is 0 Å². The molecule has 0 saturated heterocycles. The van der Waals surface area contributed by atoms with Gasteiger partial charge in [-0.2, -0.15) is 47.5 Å². The summed E-state index contributed by atoms with van der Waals surface area (Å²) >= 11 is 5.44. The zero-order valence-electron chi connectivity index (χ0n) is 12.2. The third kappa shape index (κ3) is 4.81. The van der Waals surface area contributed by atoms with Crippen molar-refractivity contribution in [2.45, 2.75) is 11.0 Å². The molecule has 0 fully saturated rings. The molecule has 8 nitrogen and oxygen atoms in total. The fraction of sp³-hybridized carbons (Fsp3) is 0.200. The molecule has 1 N–H and O–H groups in total. The van der Waals surface area contributed by atoms with E-state index in [-0.39, 0.29) is 9.74 Å². The van der Waals surface area contributed by atoms with Crippen LogP contribution in [0.1, 0.15) is 0 Å². The second-order valence-electron chi connectivity index (χ2n) is 4.38. The second kappa shape index (κ2) is 7.16. The molecule has 17 heteroatoms. The van der Waals surface area contributed by atoms with E-state index in [1.807, 2.05) is 0 Å². The molecule has 1 rings (SSSR count). The number of halogens is 7. The minimum Gasteiger partial charge on any atom is -0.262 e. The summed E-state index contributed by atoms with van der Waals surface area (Å²) in [7, 11) is -13.1. The minimum absolute atomic E-state index is 0.139. The van der Waals surface area contributed by atoms with E-state index in [9.17, 15) is 52.8 Å². The number of benzene rings is 1. The van der Waals surface area contributed by atoms with Gasteiger partial charge in [0.05, 0.1) is 5.69 Å². The summed E-state index contributed by atoms with van der Waals surface area (Å²) in [6, 6.07) is 2.64. The fourth-order valence-corrected chi connectivity index (χ4v) is 2.84. The molecule has 0 atom stereocenters. The number of hydrogen-bond donors (Lipinski definition) is 1. The summed E-state index contributed by atoms with van der Waals surface area (Å²) in [6.45, 7) is 0. The minimum atomic E-state index is -6.64. The van der Waals surface area contributed by atoms with Crippen LogP contribution in [-0.2, 0) is 29.6 Å². The van der Waals surface area contributed by atoms with Crippen molar-refractivity contribution in [3.8, 4) is 0 Å². The van der Waals surface area contributed by atoms with Crippen LogP contribution in [0.5, 0.6) is 0 Å². The van der Waals surface area contributed by atoms with Gasteiger partial charge in [0.15, 0.2) is 0 Å². The Morgan fingerprint density at radius 2 is 1.33 bits per heavy atom. The first-order chi connectivity index (χ1) is 11.9. The lowest BCUT2D eigenvalue weighted by Crippen LogP contribution is -2.52. The smallest absolute Gasteiger partial charge is 0.262 e. The predicted molar refractivity (Wildman–Crippen MR) is 77.0 cm³/mol. The van der Waals surface area contributed by atoms with Crippen molar-refractivity contribution < 1.29 is 52.8 Å². The highest BCUT2D eigenvalue weighted by atomic mass is 35.5. The van der Waals surface area contributed by atoms with Crippen molar-refractivity contribution in [2.75, 3.05) is 4.31 Å². The number of rotatable bonds is 3. The zero-order chi connectivity index (χ0) is 21.4. The van der Waals surface area contributed by atoms with E-state index in [2.05, 4.69) is 0 Å². The summed E-state index contributed by atoms with van der Waals surface area (Å²) in [5, 5.41) is -0.139. The van der Waals surface area contributed by atoms with Crippen LogP contribution in [0.3, 0.4) is 0 Å². The molecule has 1 aromatic carbocycles. The van der Waals surface area contributed by atoms with Crippen molar-refractivity contribution >= 4 is 49.1 Å². The van der Waals surface area contributed by atoms with Crippen LogP contribution in [0.15, 0.2) is 24.3 Å². The number of anilines is 1. The molecule has 0 bridgehead atoms. The third-order valence-electron chi connectivity index (χ3n) is 2.50. The van der Waals surface area contributed by atoms with Crippen molar-refractivity contribution in [1.82, 2.24) is 4.72 Å². The van der Waals surface area contributed by atoms with Crippen molar-refractivity contribution in [1.29, 1.82) is 0 Å². The van der Waals surface area contributed by atoms with Gasteiger partial charge in [-0.15, -0.1) is 0 Å². The van der Waals surface area contributed by atoms with Crippen molar-refractivity contribution in [3.63, 3.8) is 0 Å². The zero-order valence-corrected chi connectivity index (χ0v) is 14.6. The Morgan fingerprint density at radius 3 is 1.70 bits per heavy atom. The fourth-order valence-electron chi connectivity index (χ4n) is 1.36. The summed E-state index contributed by atoms with van der Waals surface area (Å²) in [4.78, 5) is 23.2. The van der Waals surface area contributed by atoms with Gasteiger partial charge in [0.25, 0.3) is 0 Å². The standard InChI is InChI=1S/C10H5ClF6N2O6S2/c11-5-1-3-6(4-2-5)19(27(24,25)10(15,16)17)8(21)7(20)18-26(22,23)9(12,13)14/h1-4H,(H,18,20). The molecule has 1 aromatic rings. The molecule has 0 heterocycles. The molecule has 152 valence electrons. The van der Waals surface area contributed by atoms with E-state index in [1.165, 1.54) is 0 Å². The van der Waals surface area contributed by atoms with Crippen LogP contribution < -0.4 is 9.03 Å². The van der Waals surface area contributed by atoms with Crippen LogP contribution in [0.2, 0.25) is 5.02 Å². The average molecular weight is 463 g/mol. The van der Waals surface area contributed by atoms with Crippen LogP contribution in [0, 0.1) is 0 Å². The van der Waals surface area contributed by atoms with Gasteiger partial charge in [0, 0.05) is 5.02 Å². The Morgan fingerprint density at radius 1 is 0.889 bits per heavy atom. The lowest BCUT2D eigenvalue weighted by Gasteiger charge is -2.23. The summed E-state index contributed by atoms with van der Waals surface area (Å²) in [5.74, 6) is -5.56. The largest absolute Gasteiger partial charge is 0.517 e. The number of alkyl halides is 6. The third-order valence-corrected chi connectivity index (χ3v) is 5.26. The molecule has 0 unspecified atom stereocenters. The normalized spacial score (nSPS) is 13.1. The van der Waals surface area contributed by atoms with Crippen LogP contribution in [-0.4, -0.2) is 39.7 Å². The van der Waals surface area contributed by atoms with Gasteiger partial charge in [0.2, 0.25) is 0 Å². The molecule has 27 heavy (non-hydrogen) atoms. The Hall–Kier alpha value is -2.07. The molecule has 0 spiro atoms. The first kappa shape index (κ1) is 23.0. The first-order valence-electron chi connectivity index (χ1n) is 5.96. The molecule has 0 aliphatic carbocycles. The van der Waals surface area contributed by atoms with Gasteiger partial charge in [-0.3, -0.25) is 9.59 Å². The van der Waals surface area contributed by atoms with E-state index in [4.69, 9.17) is 11.6 Å². The number of carbonyl (C=O) groups is 2.